The maximum absolute atomic E-state index is 11.6. The number of para-hydroxylation sites is 2. The van der Waals surface area contributed by atoms with Gasteiger partial charge in [0.05, 0.1) is 23.6 Å². The Morgan fingerprint density at radius 1 is 1.03 bits per heavy atom. The minimum atomic E-state index is -0.478. The van der Waals surface area contributed by atoms with E-state index in [4.69, 9.17) is 18.9 Å². The highest BCUT2D eigenvalue weighted by Crippen LogP contribution is 2.36. The van der Waals surface area contributed by atoms with Crippen LogP contribution < -0.4 is 5.32 Å². The van der Waals surface area contributed by atoms with Gasteiger partial charge in [-0.3, -0.25) is 15.0 Å². The number of methoxy groups -OCH3 is 2. The maximum atomic E-state index is 11.6. The van der Waals surface area contributed by atoms with E-state index < -0.39 is 5.41 Å². The summed E-state index contributed by atoms with van der Waals surface area (Å²) < 4.78 is 22.0. The number of ether oxygens (including phenoxy) is 4. The quantitative estimate of drug-likeness (QED) is 0.210. The number of rotatable bonds is 13. The molecule has 1 saturated heterocycles. The molecular weight excluding hydrogens is 426 g/mol. The van der Waals surface area contributed by atoms with E-state index in [0.29, 0.717) is 25.4 Å². The van der Waals surface area contributed by atoms with Gasteiger partial charge in [0, 0.05) is 46.0 Å². The fourth-order valence-electron chi connectivity index (χ4n) is 4.39. The molecule has 0 radical (unpaired) electrons. The normalized spacial score (nSPS) is 18.2. The Labute approximate surface area is 194 Å². The lowest BCUT2D eigenvalue weighted by Crippen LogP contribution is -2.59. The molecule has 9 nitrogen and oxygen atoms in total. The molecule has 180 valence electrons. The third kappa shape index (κ3) is 6.96. The second-order valence-electron chi connectivity index (χ2n) is 8.33. The summed E-state index contributed by atoms with van der Waals surface area (Å²) in [5.74, 6) is 0. The van der Waals surface area contributed by atoms with Crippen LogP contribution in [0.3, 0.4) is 0 Å². The van der Waals surface area contributed by atoms with E-state index in [1.807, 2.05) is 18.2 Å². The van der Waals surface area contributed by atoms with Crippen molar-refractivity contribution in [1.29, 1.82) is 0 Å². The zero-order valence-corrected chi connectivity index (χ0v) is 19.3. The summed E-state index contributed by atoms with van der Waals surface area (Å²) in [4.78, 5) is 13.6. The first-order valence-corrected chi connectivity index (χ1v) is 11.0. The van der Waals surface area contributed by atoms with E-state index in [1.54, 1.807) is 32.4 Å². The Morgan fingerprint density at radius 3 is 2.30 bits per heavy atom. The number of nitrogens with zero attached hydrogens (tertiary/aromatic N) is 2. The first-order chi connectivity index (χ1) is 16.1. The Bertz CT molecular complexity index is 856. The number of anilines is 1. The van der Waals surface area contributed by atoms with Crippen molar-refractivity contribution in [3.63, 3.8) is 0 Å². The average Bonchev–Trinajstić information content (AvgIpc) is 2.82. The van der Waals surface area contributed by atoms with Crippen molar-refractivity contribution in [2.24, 2.45) is 5.41 Å². The molecule has 1 N–H and O–H groups in total. The van der Waals surface area contributed by atoms with Gasteiger partial charge in [-0.25, -0.2) is 0 Å². The number of benzene rings is 2. The molecule has 0 saturated carbocycles. The van der Waals surface area contributed by atoms with E-state index >= 15 is 0 Å². The summed E-state index contributed by atoms with van der Waals surface area (Å²) in [7, 11) is 3.17. The molecule has 33 heavy (non-hydrogen) atoms. The van der Waals surface area contributed by atoms with E-state index in [2.05, 4.69) is 22.3 Å². The van der Waals surface area contributed by atoms with Crippen molar-refractivity contribution in [2.75, 3.05) is 59.4 Å². The van der Waals surface area contributed by atoms with Gasteiger partial charge < -0.3 is 24.3 Å². The maximum Gasteiger partial charge on any atom is 0.292 e. The van der Waals surface area contributed by atoms with E-state index in [-0.39, 0.29) is 30.2 Å². The van der Waals surface area contributed by atoms with Gasteiger partial charge >= 0.3 is 0 Å². The van der Waals surface area contributed by atoms with Gasteiger partial charge in [0.1, 0.15) is 19.3 Å². The average molecular weight is 460 g/mol. The molecule has 1 heterocycles. The van der Waals surface area contributed by atoms with E-state index in [9.17, 15) is 10.1 Å². The minimum absolute atomic E-state index is 0.0498. The lowest BCUT2D eigenvalue weighted by atomic mass is 9.76. The fraction of sp³-hybridized carbons (Fsp3) is 0.500. The summed E-state index contributed by atoms with van der Waals surface area (Å²) in [6, 6.07) is 16.9. The van der Waals surface area contributed by atoms with Crippen molar-refractivity contribution in [3.8, 4) is 0 Å². The Kier molecular flexibility index (Phi) is 9.59. The molecule has 9 heteroatoms. The Hall–Kier alpha value is -2.56. The molecule has 1 aliphatic rings. The summed E-state index contributed by atoms with van der Waals surface area (Å²) in [5, 5.41) is 15.0. The largest absolute Gasteiger partial charge is 0.376 e. The number of hydrogen-bond acceptors (Lipinski definition) is 8. The first kappa shape index (κ1) is 25.1. The van der Waals surface area contributed by atoms with E-state index in [1.165, 1.54) is 11.6 Å². The van der Waals surface area contributed by atoms with Crippen LogP contribution in [0.25, 0.3) is 0 Å². The summed E-state index contributed by atoms with van der Waals surface area (Å²) >= 11 is 0. The summed E-state index contributed by atoms with van der Waals surface area (Å²) in [5.41, 5.74) is 1.29. The van der Waals surface area contributed by atoms with Crippen LogP contribution in [0.2, 0.25) is 0 Å². The molecule has 0 bridgehead atoms. The summed E-state index contributed by atoms with van der Waals surface area (Å²) in [6.07, 6.45) is 0.769. The fourth-order valence-corrected chi connectivity index (χ4v) is 4.39. The molecule has 1 aliphatic heterocycles. The smallest absolute Gasteiger partial charge is 0.292 e. The van der Waals surface area contributed by atoms with Crippen LogP contribution in [0.15, 0.2) is 54.6 Å². The number of likely N-dealkylation sites (tertiary alicyclic amines) is 1. The van der Waals surface area contributed by atoms with Crippen molar-refractivity contribution < 1.29 is 23.9 Å². The second-order valence-corrected chi connectivity index (χ2v) is 8.33. The molecule has 0 aliphatic carbocycles. The SMILES string of the molecule is COCOCC1(COCOC)CN(Cc2ccccc2)CCC1Nc1ccccc1[N+](=O)[O-]. The number of hydrogen-bond donors (Lipinski definition) is 1. The standard InChI is InChI=1S/C24H33N3O6/c1-30-18-32-16-24(17-33-19-31-2)15-26(14-20-8-4-3-5-9-20)13-12-23(24)25-21-10-6-7-11-22(21)27(28)29/h3-11,23,25H,12-19H2,1-2H3. The van der Waals surface area contributed by atoms with Crippen molar-refractivity contribution in [3.05, 3.63) is 70.3 Å². The zero-order valence-electron chi connectivity index (χ0n) is 19.3. The van der Waals surface area contributed by atoms with Gasteiger partial charge in [-0.1, -0.05) is 42.5 Å². The molecule has 1 fully saturated rings. The number of nitro benzene ring substituents is 1. The highest BCUT2D eigenvalue weighted by atomic mass is 16.7. The Morgan fingerprint density at radius 2 is 1.67 bits per heavy atom. The molecule has 0 spiro atoms. The van der Waals surface area contributed by atoms with Gasteiger partial charge in [0.15, 0.2) is 0 Å². The van der Waals surface area contributed by atoms with Gasteiger partial charge in [-0.2, -0.15) is 0 Å². The Balaban J connectivity index is 1.87. The predicted octanol–water partition coefficient (Wildman–Crippen LogP) is 3.51. The van der Waals surface area contributed by atoms with Crippen molar-refractivity contribution in [2.45, 2.75) is 19.0 Å². The van der Waals surface area contributed by atoms with Crippen molar-refractivity contribution >= 4 is 11.4 Å². The number of nitro groups is 1. The van der Waals surface area contributed by atoms with Gasteiger partial charge in [0.2, 0.25) is 0 Å². The van der Waals surface area contributed by atoms with Crippen LogP contribution in [0.4, 0.5) is 11.4 Å². The zero-order chi connectivity index (χ0) is 23.5. The van der Waals surface area contributed by atoms with Gasteiger partial charge in [0.25, 0.3) is 5.69 Å². The molecule has 0 amide bonds. The van der Waals surface area contributed by atoms with Crippen LogP contribution in [-0.2, 0) is 25.5 Å². The molecule has 2 aromatic rings. The lowest BCUT2D eigenvalue weighted by molar-refractivity contribution is -0.384. The highest BCUT2D eigenvalue weighted by Gasteiger charge is 2.45. The first-order valence-electron chi connectivity index (χ1n) is 11.0. The molecule has 1 unspecified atom stereocenters. The van der Waals surface area contributed by atoms with Crippen LogP contribution in [0.5, 0.6) is 0 Å². The third-order valence-electron chi connectivity index (χ3n) is 5.87. The molecule has 1 atom stereocenters. The molecular formula is C24H33N3O6. The highest BCUT2D eigenvalue weighted by molar-refractivity contribution is 5.61. The van der Waals surface area contributed by atoms with Crippen LogP contribution in [0.1, 0.15) is 12.0 Å². The van der Waals surface area contributed by atoms with Crippen LogP contribution >= 0.6 is 0 Å². The van der Waals surface area contributed by atoms with Crippen molar-refractivity contribution in [1.82, 2.24) is 4.90 Å². The monoisotopic (exact) mass is 459 g/mol. The number of piperidine rings is 1. The second kappa shape index (κ2) is 12.6. The topological polar surface area (TPSA) is 95.3 Å². The van der Waals surface area contributed by atoms with Crippen LogP contribution in [0, 0.1) is 15.5 Å². The molecule has 2 aromatic carbocycles. The van der Waals surface area contributed by atoms with Crippen LogP contribution in [-0.4, -0.2) is 70.0 Å². The third-order valence-corrected chi connectivity index (χ3v) is 5.87. The molecule has 0 aromatic heterocycles. The lowest BCUT2D eigenvalue weighted by Gasteiger charge is -2.48. The van der Waals surface area contributed by atoms with Gasteiger partial charge in [-0.05, 0) is 18.1 Å². The van der Waals surface area contributed by atoms with E-state index in [0.717, 1.165) is 19.5 Å². The minimum Gasteiger partial charge on any atom is -0.376 e. The number of nitrogens with one attached hydrogen (secondary N) is 1. The summed E-state index contributed by atoms with van der Waals surface area (Å²) in [6.45, 7) is 3.38. The van der Waals surface area contributed by atoms with Gasteiger partial charge in [-0.15, -0.1) is 0 Å². The predicted molar refractivity (Wildman–Crippen MR) is 125 cm³/mol. The molecule has 3 rings (SSSR count).